The normalized spacial score (nSPS) is 11.2. The van der Waals surface area contributed by atoms with Crippen LogP contribution in [0, 0.1) is 10.1 Å². The molecule has 0 aliphatic rings. The molecule has 86 valence electrons. The molecule has 0 saturated carbocycles. The summed E-state index contributed by atoms with van der Waals surface area (Å²) in [5.74, 6) is 0.686. The van der Waals surface area contributed by atoms with Gasteiger partial charge in [0.15, 0.2) is 0 Å². The van der Waals surface area contributed by atoms with Crippen molar-refractivity contribution in [3.8, 4) is 5.75 Å². The molecule has 0 aliphatic carbocycles. The monoisotopic (exact) mass is 221 g/mol. The Balaban J connectivity index is 2.94. The lowest BCUT2D eigenvalue weighted by atomic mass is 10.2. The predicted molar refractivity (Wildman–Crippen MR) is 62.9 cm³/mol. The minimum Gasteiger partial charge on any atom is -0.493 e. The Morgan fingerprint density at radius 2 is 2.19 bits per heavy atom. The molecule has 0 aliphatic heterocycles. The van der Waals surface area contributed by atoms with Gasteiger partial charge in [0.1, 0.15) is 5.75 Å². The van der Waals surface area contributed by atoms with Crippen LogP contribution in [0.2, 0.25) is 0 Å². The maximum atomic E-state index is 10.5. The highest BCUT2D eigenvalue weighted by Gasteiger charge is 2.06. The molecule has 0 unspecified atom stereocenters. The zero-order valence-electron chi connectivity index (χ0n) is 9.47. The van der Waals surface area contributed by atoms with E-state index in [9.17, 15) is 10.1 Å². The Morgan fingerprint density at radius 1 is 1.50 bits per heavy atom. The first-order valence-electron chi connectivity index (χ1n) is 5.19. The van der Waals surface area contributed by atoms with Crippen LogP contribution < -0.4 is 4.74 Å². The van der Waals surface area contributed by atoms with Crippen molar-refractivity contribution in [1.29, 1.82) is 0 Å². The number of hydrogen-bond acceptors (Lipinski definition) is 3. The number of para-hydroxylation sites is 1. The van der Waals surface area contributed by atoms with E-state index in [4.69, 9.17) is 4.74 Å². The molecule has 1 aromatic rings. The number of nitro groups is 1. The van der Waals surface area contributed by atoms with Crippen LogP contribution in [-0.4, -0.2) is 11.5 Å². The molecule has 0 fully saturated rings. The Bertz CT molecular complexity index is 399. The van der Waals surface area contributed by atoms with Gasteiger partial charge >= 0.3 is 0 Å². The van der Waals surface area contributed by atoms with E-state index >= 15 is 0 Å². The minimum atomic E-state index is -0.406. The predicted octanol–water partition coefficient (Wildman–Crippen LogP) is 3.11. The summed E-state index contributed by atoms with van der Waals surface area (Å²) >= 11 is 0. The zero-order chi connectivity index (χ0) is 12.0. The van der Waals surface area contributed by atoms with E-state index in [2.05, 4.69) is 0 Å². The Kier molecular flexibility index (Phi) is 4.51. The lowest BCUT2D eigenvalue weighted by Gasteiger charge is -2.07. The van der Waals surface area contributed by atoms with Gasteiger partial charge in [-0.3, -0.25) is 10.1 Å². The van der Waals surface area contributed by atoms with Crippen molar-refractivity contribution in [2.75, 3.05) is 6.61 Å². The van der Waals surface area contributed by atoms with Gasteiger partial charge in [-0.15, -0.1) is 0 Å². The highest BCUT2D eigenvalue weighted by Crippen LogP contribution is 2.21. The quantitative estimate of drug-likeness (QED) is 0.567. The van der Waals surface area contributed by atoms with Crippen molar-refractivity contribution in [1.82, 2.24) is 0 Å². The topological polar surface area (TPSA) is 52.4 Å². The lowest BCUT2D eigenvalue weighted by Crippen LogP contribution is -1.98. The molecule has 0 heterocycles. The van der Waals surface area contributed by atoms with Crippen LogP contribution in [0.1, 0.15) is 25.8 Å². The molecule has 0 N–H and O–H groups in total. The van der Waals surface area contributed by atoms with Crippen LogP contribution in [0.3, 0.4) is 0 Å². The molecule has 0 amide bonds. The smallest absolute Gasteiger partial charge is 0.243 e. The van der Waals surface area contributed by atoms with E-state index in [1.165, 1.54) is 13.0 Å². The van der Waals surface area contributed by atoms with Crippen LogP contribution in [0.25, 0.3) is 6.08 Å². The minimum absolute atomic E-state index is 0.104. The van der Waals surface area contributed by atoms with Crippen LogP contribution >= 0.6 is 0 Å². The molecule has 0 spiro atoms. The van der Waals surface area contributed by atoms with Crippen molar-refractivity contribution in [2.45, 2.75) is 20.3 Å². The second-order valence-electron chi connectivity index (χ2n) is 3.43. The third-order valence-corrected chi connectivity index (χ3v) is 2.03. The summed E-state index contributed by atoms with van der Waals surface area (Å²) in [6.07, 6.45) is 2.43. The highest BCUT2D eigenvalue weighted by molar-refractivity contribution is 5.58. The second kappa shape index (κ2) is 5.90. The molecule has 16 heavy (non-hydrogen) atoms. The first-order chi connectivity index (χ1) is 7.65. The van der Waals surface area contributed by atoms with Gasteiger partial charge in [0, 0.05) is 18.6 Å². The average molecular weight is 221 g/mol. The SMILES string of the molecule is CCCOc1ccccc1/C=C(\C)[N+](=O)[O-]. The van der Waals surface area contributed by atoms with Gasteiger partial charge < -0.3 is 4.74 Å². The van der Waals surface area contributed by atoms with Gasteiger partial charge in [-0.1, -0.05) is 25.1 Å². The summed E-state index contributed by atoms with van der Waals surface area (Å²) in [5, 5.41) is 10.5. The molecular formula is C12H15NO3. The molecule has 0 atom stereocenters. The summed E-state index contributed by atoms with van der Waals surface area (Å²) in [5.41, 5.74) is 0.845. The van der Waals surface area contributed by atoms with Crippen molar-refractivity contribution >= 4 is 6.08 Å². The highest BCUT2D eigenvalue weighted by atomic mass is 16.6. The Labute approximate surface area is 94.7 Å². The van der Waals surface area contributed by atoms with Crippen LogP contribution in [0.15, 0.2) is 30.0 Å². The maximum Gasteiger partial charge on any atom is 0.243 e. The fraction of sp³-hybridized carbons (Fsp3) is 0.333. The van der Waals surface area contributed by atoms with E-state index in [1.807, 2.05) is 25.1 Å². The van der Waals surface area contributed by atoms with Gasteiger partial charge in [-0.25, -0.2) is 0 Å². The van der Waals surface area contributed by atoms with Gasteiger partial charge in [-0.2, -0.15) is 0 Å². The van der Waals surface area contributed by atoms with E-state index in [1.54, 1.807) is 6.07 Å². The zero-order valence-corrected chi connectivity index (χ0v) is 9.47. The molecule has 0 bridgehead atoms. The van der Waals surface area contributed by atoms with E-state index < -0.39 is 4.92 Å². The van der Waals surface area contributed by atoms with Gasteiger partial charge in [-0.05, 0) is 12.5 Å². The van der Waals surface area contributed by atoms with Gasteiger partial charge in [0.05, 0.1) is 11.5 Å². The van der Waals surface area contributed by atoms with Crippen molar-refractivity contribution in [3.63, 3.8) is 0 Å². The van der Waals surface area contributed by atoms with E-state index in [0.29, 0.717) is 12.4 Å². The first kappa shape index (κ1) is 12.2. The second-order valence-corrected chi connectivity index (χ2v) is 3.43. The third-order valence-electron chi connectivity index (χ3n) is 2.03. The molecular weight excluding hydrogens is 206 g/mol. The number of rotatable bonds is 5. The molecule has 4 nitrogen and oxygen atoms in total. The molecule has 1 rings (SSSR count). The Hall–Kier alpha value is -1.84. The van der Waals surface area contributed by atoms with Crippen LogP contribution in [0.4, 0.5) is 0 Å². The number of nitrogens with zero attached hydrogens (tertiary/aromatic N) is 1. The fourth-order valence-electron chi connectivity index (χ4n) is 1.22. The maximum absolute atomic E-state index is 10.5. The molecule has 4 heteroatoms. The summed E-state index contributed by atoms with van der Waals surface area (Å²) in [6, 6.07) is 7.30. The summed E-state index contributed by atoms with van der Waals surface area (Å²) in [6.45, 7) is 4.10. The molecule has 1 aromatic carbocycles. The summed E-state index contributed by atoms with van der Waals surface area (Å²) in [7, 11) is 0. The first-order valence-corrected chi connectivity index (χ1v) is 5.19. The number of allylic oxidation sites excluding steroid dienone is 1. The van der Waals surface area contributed by atoms with Crippen molar-refractivity contribution in [2.24, 2.45) is 0 Å². The largest absolute Gasteiger partial charge is 0.493 e. The van der Waals surface area contributed by atoms with E-state index in [0.717, 1.165) is 12.0 Å². The number of benzene rings is 1. The lowest BCUT2D eigenvalue weighted by molar-refractivity contribution is -0.422. The van der Waals surface area contributed by atoms with Crippen molar-refractivity contribution < 1.29 is 9.66 Å². The standard InChI is InChI=1S/C12H15NO3/c1-3-8-16-12-7-5-4-6-11(12)9-10(2)13(14)15/h4-7,9H,3,8H2,1-2H3/b10-9+. The van der Waals surface area contributed by atoms with Gasteiger partial charge in [0.2, 0.25) is 5.70 Å². The van der Waals surface area contributed by atoms with Crippen LogP contribution in [0.5, 0.6) is 5.75 Å². The van der Waals surface area contributed by atoms with Crippen LogP contribution in [-0.2, 0) is 0 Å². The fourth-order valence-corrected chi connectivity index (χ4v) is 1.22. The molecule has 0 saturated heterocycles. The third kappa shape index (κ3) is 3.38. The Morgan fingerprint density at radius 3 is 2.81 bits per heavy atom. The average Bonchev–Trinajstić information content (AvgIpc) is 2.27. The van der Waals surface area contributed by atoms with E-state index in [-0.39, 0.29) is 5.70 Å². The number of ether oxygens (including phenoxy) is 1. The summed E-state index contributed by atoms with van der Waals surface area (Å²) in [4.78, 5) is 10.1. The number of hydrogen-bond donors (Lipinski definition) is 0. The van der Waals surface area contributed by atoms with Crippen molar-refractivity contribution in [3.05, 3.63) is 45.6 Å². The molecule has 0 aromatic heterocycles. The van der Waals surface area contributed by atoms with Gasteiger partial charge in [0.25, 0.3) is 0 Å². The summed E-state index contributed by atoms with van der Waals surface area (Å²) < 4.78 is 5.50. The molecule has 0 radical (unpaired) electrons.